The SMILES string of the molecule is CC(O)[C@H](N)c1ccc(N(C)C)cc1. The van der Waals surface area contributed by atoms with Crippen molar-refractivity contribution in [3.8, 4) is 0 Å². The maximum Gasteiger partial charge on any atom is 0.0704 e. The van der Waals surface area contributed by atoms with Crippen LogP contribution in [-0.2, 0) is 0 Å². The van der Waals surface area contributed by atoms with Crippen molar-refractivity contribution in [3.05, 3.63) is 29.8 Å². The van der Waals surface area contributed by atoms with Crippen molar-refractivity contribution in [1.29, 1.82) is 0 Å². The second kappa shape index (κ2) is 4.44. The zero-order chi connectivity index (χ0) is 10.7. The van der Waals surface area contributed by atoms with Crippen LogP contribution in [0.2, 0.25) is 0 Å². The van der Waals surface area contributed by atoms with E-state index in [1.165, 1.54) is 0 Å². The van der Waals surface area contributed by atoms with Gasteiger partial charge in [-0.15, -0.1) is 0 Å². The molecule has 1 unspecified atom stereocenters. The number of hydrogen-bond donors (Lipinski definition) is 2. The van der Waals surface area contributed by atoms with Gasteiger partial charge in [-0.1, -0.05) is 12.1 Å². The molecule has 0 heterocycles. The molecule has 1 aromatic carbocycles. The zero-order valence-electron chi connectivity index (χ0n) is 8.94. The molecule has 0 aliphatic carbocycles. The monoisotopic (exact) mass is 194 g/mol. The summed E-state index contributed by atoms with van der Waals surface area (Å²) in [4.78, 5) is 2.03. The van der Waals surface area contributed by atoms with E-state index in [0.29, 0.717) is 0 Å². The third-order valence-electron chi connectivity index (χ3n) is 2.31. The Hall–Kier alpha value is -1.06. The molecule has 3 N–H and O–H groups in total. The van der Waals surface area contributed by atoms with E-state index < -0.39 is 6.10 Å². The lowest BCUT2D eigenvalue weighted by molar-refractivity contribution is 0.164. The third kappa shape index (κ3) is 2.47. The van der Waals surface area contributed by atoms with Gasteiger partial charge < -0.3 is 15.7 Å². The second-order valence-corrected chi connectivity index (χ2v) is 3.75. The van der Waals surface area contributed by atoms with E-state index in [9.17, 15) is 5.11 Å². The molecule has 3 heteroatoms. The highest BCUT2D eigenvalue weighted by molar-refractivity contribution is 5.46. The molecule has 0 aliphatic heterocycles. The number of aliphatic hydroxyl groups excluding tert-OH is 1. The molecule has 0 aliphatic rings. The number of benzene rings is 1. The van der Waals surface area contributed by atoms with Gasteiger partial charge in [0, 0.05) is 19.8 Å². The van der Waals surface area contributed by atoms with Crippen molar-refractivity contribution < 1.29 is 5.11 Å². The summed E-state index contributed by atoms with van der Waals surface area (Å²) >= 11 is 0. The standard InChI is InChI=1S/C11H18N2O/c1-8(14)11(12)9-4-6-10(7-5-9)13(2)3/h4-8,11,14H,12H2,1-3H3/t8?,11-/m0/s1. The normalized spacial score (nSPS) is 14.9. The molecule has 0 aromatic heterocycles. The summed E-state index contributed by atoms with van der Waals surface area (Å²) in [5, 5.41) is 9.32. The van der Waals surface area contributed by atoms with Crippen LogP contribution in [-0.4, -0.2) is 25.3 Å². The largest absolute Gasteiger partial charge is 0.391 e. The van der Waals surface area contributed by atoms with Crippen LogP contribution in [0.5, 0.6) is 0 Å². The van der Waals surface area contributed by atoms with Gasteiger partial charge in [-0.3, -0.25) is 0 Å². The highest BCUT2D eigenvalue weighted by Gasteiger charge is 2.11. The van der Waals surface area contributed by atoms with Crippen LogP contribution in [0.4, 0.5) is 5.69 Å². The summed E-state index contributed by atoms with van der Waals surface area (Å²) in [7, 11) is 3.98. The Balaban J connectivity index is 2.83. The molecule has 1 aromatic rings. The van der Waals surface area contributed by atoms with Crippen LogP contribution in [0.1, 0.15) is 18.5 Å². The van der Waals surface area contributed by atoms with E-state index in [2.05, 4.69) is 0 Å². The van der Waals surface area contributed by atoms with Gasteiger partial charge >= 0.3 is 0 Å². The first kappa shape index (κ1) is 11.0. The second-order valence-electron chi connectivity index (χ2n) is 3.75. The average Bonchev–Trinajstić information content (AvgIpc) is 2.16. The number of rotatable bonds is 3. The lowest BCUT2D eigenvalue weighted by Crippen LogP contribution is -2.23. The van der Waals surface area contributed by atoms with Crippen LogP contribution in [0.15, 0.2) is 24.3 Å². The average molecular weight is 194 g/mol. The smallest absolute Gasteiger partial charge is 0.0704 e. The van der Waals surface area contributed by atoms with E-state index in [0.717, 1.165) is 11.3 Å². The van der Waals surface area contributed by atoms with Crippen LogP contribution >= 0.6 is 0 Å². The Morgan fingerprint density at radius 3 is 2.07 bits per heavy atom. The van der Waals surface area contributed by atoms with E-state index in [1.807, 2.05) is 43.3 Å². The molecule has 3 nitrogen and oxygen atoms in total. The summed E-state index contributed by atoms with van der Waals surface area (Å²) in [6.45, 7) is 1.70. The van der Waals surface area contributed by atoms with Crippen molar-refractivity contribution in [1.82, 2.24) is 0 Å². The van der Waals surface area contributed by atoms with E-state index in [4.69, 9.17) is 5.73 Å². The van der Waals surface area contributed by atoms with Gasteiger partial charge in [-0.2, -0.15) is 0 Å². The predicted molar refractivity (Wildman–Crippen MR) is 59.4 cm³/mol. The van der Waals surface area contributed by atoms with Crippen LogP contribution in [0, 0.1) is 0 Å². The predicted octanol–water partition coefficient (Wildman–Crippen LogP) is 1.13. The maximum atomic E-state index is 9.32. The Bertz CT molecular complexity index is 280. The van der Waals surface area contributed by atoms with Crippen molar-refractivity contribution in [2.75, 3.05) is 19.0 Å². The zero-order valence-corrected chi connectivity index (χ0v) is 8.94. The minimum atomic E-state index is -0.514. The lowest BCUT2D eigenvalue weighted by atomic mass is 10.0. The van der Waals surface area contributed by atoms with Gasteiger partial charge in [0.2, 0.25) is 0 Å². The Morgan fingerprint density at radius 2 is 1.71 bits per heavy atom. The molecule has 0 radical (unpaired) electrons. The lowest BCUT2D eigenvalue weighted by Gasteiger charge is -2.17. The molecule has 0 saturated heterocycles. The number of nitrogens with zero attached hydrogens (tertiary/aromatic N) is 1. The van der Waals surface area contributed by atoms with Gasteiger partial charge in [-0.25, -0.2) is 0 Å². The van der Waals surface area contributed by atoms with Crippen molar-refractivity contribution >= 4 is 5.69 Å². The van der Waals surface area contributed by atoms with Gasteiger partial charge in [0.15, 0.2) is 0 Å². The van der Waals surface area contributed by atoms with Gasteiger partial charge in [0.1, 0.15) is 0 Å². The fourth-order valence-electron chi connectivity index (χ4n) is 1.27. The third-order valence-corrected chi connectivity index (χ3v) is 2.31. The number of hydrogen-bond acceptors (Lipinski definition) is 3. The summed E-state index contributed by atoms with van der Waals surface area (Å²) in [5.41, 5.74) is 7.89. The van der Waals surface area contributed by atoms with Crippen molar-refractivity contribution in [2.24, 2.45) is 5.73 Å². The van der Waals surface area contributed by atoms with E-state index in [-0.39, 0.29) is 6.04 Å². The molecule has 1 rings (SSSR count). The molecule has 2 atom stereocenters. The number of aliphatic hydroxyl groups is 1. The molecular formula is C11H18N2O. The Labute approximate surface area is 85.2 Å². The summed E-state index contributed by atoms with van der Waals surface area (Å²) in [5.74, 6) is 0. The highest BCUT2D eigenvalue weighted by Crippen LogP contribution is 2.18. The quantitative estimate of drug-likeness (QED) is 0.758. The molecule has 0 saturated carbocycles. The van der Waals surface area contributed by atoms with Gasteiger partial charge in [0.25, 0.3) is 0 Å². The highest BCUT2D eigenvalue weighted by atomic mass is 16.3. The minimum Gasteiger partial charge on any atom is -0.391 e. The Morgan fingerprint density at radius 1 is 1.21 bits per heavy atom. The fraction of sp³-hybridized carbons (Fsp3) is 0.455. The van der Waals surface area contributed by atoms with Gasteiger partial charge in [-0.05, 0) is 24.6 Å². The van der Waals surface area contributed by atoms with E-state index in [1.54, 1.807) is 6.92 Å². The first-order valence-corrected chi connectivity index (χ1v) is 4.73. The molecule has 78 valence electrons. The fourth-order valence-corrected chi connectivity index (χ4v) is 1.27. The van der Waals surface area contributed by atoms with Crippen molar-refractivity contribution in [3.63, 3.8) is 0 Å². The Kier molecular flexibility index (Phi) is 3.49. The molecule has 0 bridgehead atoms. The summed E-state index contributed by atoms with van der Waals surface area (Å²) < 4.78 is 0. The summed E-state index contributed by atoms with van der Waals surface area (Å²) in [6, 6.07) is 7.60. The maximum absolute atomic E-state index is 9.32. The first-order chi connectivity index (χ1) is 6.52. The molecular weight excluding hydrogens is 176 g/mol. The van der Waals surface area contributed by atoms with Gasteiger partial charge in [0.05, 0.1) is 12.1 Å². The molecule has 0 amide bonds. The number of nitrogens with two attached hydrogens (primary N) is 1. The minimum absolute atomic E-state index is 0.300. The van der Waals surface area contributed by atoms with Crippen LogP contribution < -0.4 is 10.6 Å². The summed E-state index contributed by atoms with van der Waals surface area (Å²) in [6.07, 6.45) is -0.514. The molecule has 0 spiro atoms. The van der Waals surface area contributed by atoms with E-state index >= 15 is 0 Å². The first-order valence-electron chi connectivity index (χ1n) is 4.73. The molecule has 0 fully saturated rings. The van der Waals surface area contributed by atoms with Crippen molar-refractivity contribution in [2.45, 2.75) is 19.1 Å². The molecule has 14 heavy (non-hydrogen) atoms. The van der Waals surface area contributed by atoms with Crippen LogP contribution in [0.3, 0.4) is 0 Å². The van der Waals surface area contributed by atoms with Crippen LogP contribution in [0.25, 0.3) is 0 Å². The topological polar surface area (TPSA) is 49.5 Å². The number of anilines is 1.